The van der Waals surface area contributed by atoms with Crippen molar-refractivity contribution in [1.82, 2.24) is 0 Å². The van der Waals surface area contributed by atoms with Gasteiger partial charge in [0, 0.05) is 6.07 Å². The smallest absolute Gasteiger partial charge is 0.343 e. The van der Waals surface area contributed by atoms with E-state index >= 15 is 0 Å². The molecule has 8 rings (SSSR count). The molecule has 0 radical (unpaired) electrons. The Hall–Kier alpha value is -2.85. The molecule has 8 aromatic rings. The Morgan fingerprint density at radius 1 is 0.652 bits per heavy atom. The molecule has 5 aromatic heterocycles. The lowest BCUT2D eigenvalue weighted by atomic mass is 10.1. The Kier molecular flexibility index (Phi) is 3.06. The summed E-state index contributed by atoms with van der Waals surface area (Å²) >= 11 is 6.08. The van der Waals surface area contributed by atoms with Crippen molar-refractivity contribution in [3.05, 3.63) is 80.5 Å². The topological polar surface area (TPSA) is 60.4 Å². The van der Waals surface area contributed by atoms with Crippen LogP contribution in [0.3, 0.4) is 0 Å². The van der Waals surface area contributed by atoms with Gasteiger partial charge in [0.2, 0.25) is 0 Å². The van der Waals surface area contributed by atoms with E-state index in [-0.39, 0.29) is 16.2 Å². The van der Waals surface area contributed by atoms with Crippen molar-refractivity contribution in [3.63, 3.8) is 0 Å². The number of hydrogen-bond donors (Lipinski definition) is 0. The number of rotatable bonds is 0. The molecule has 4 nitrogen and oxygen atoms in total. The molecule has 0 spiro atoms. The molecule has 0 amide bonds. The molecule has 5 heteroatoms. The molecule has 0 atom stereocenters. The van der Waals surface area contributed by atoms with Crippen LogP contribution in [0.15, 0.2) is 73.0 Å². The van der Waals surface area contributed by atoms with Gasteiger partial charge in [-0.25, -0.2) is 9.59 Å². The van der Waals surface area contributed by atoms with E-state index in [0.717, 1.165) is 10.8 Å². The van der Waals surface area contributed by atoms with Crippen LogP contribution in [0.5, 0.6) is 0 Å². The van der Waals surface area contributed by atoms with Crippen LogP contribution in [-0.4, -0.2) is 0 Å². The van der Waals surface area contributed by atoms with Crippen LogP contribution < -0.4 is 11.3 Å². The van der Waals surface area contributed by atoms with Crippen molar-refractivity contribution in [2.24, 2.45) is 0 Å². The summed E-state index contributed by atoms with van der Waals surface area (Å²) in [6, 6.07) is 14.7. The molecule has 0 aliphatic heterocycles. The van der Waals surface area contributed by atoms with Crippen LogP contribution >= 0.6 is 11.6 Å². The Labute approximate surface area is 134 Å². The van der Waals surface area contributed by atoms with E-state index in [4.69, 9.17) is 20.4 Å². The van der Waals surface area contributed by atoms with Gasteiger partial charge >= 0.3 is 11.3 Å². The quantitative estimate of drug-likeness (QED) is 0.484. The van der Waals surface area contributed by atoms with Gasteiger partial charge in [-0.05, 0) is 47.2 Å². The van der Waals surface area contributed by atoms with Gasteiger partial charge in [-0.15, -0.1) is 0 Å². The van der Waals surface area contributed by atoms with Crippen LogP contribution in [0, 0.1) is 0 Å². The number of hydrogen-bond acceptors (Lipinski definition) is 4. The van der Waals surface area contributed by atoms with Gasteiger partial charge in [-0.1, -0.05) is 23.7 Å². The fourth-order valence-corrected chi connectivity index (χ4v) is 2.66. The molecule has 0 unspecified atom stereocenters. The highest BCUT2D eigenvalue weighted by Crippen LogP contribution is 2.19. The van der Waals surface area contributed by atoms with Crippen LogP contribution in [0.1, 0.15) is 0 Å². The molecule has 0 N–H and O–H groups in total. The Morgan fingerprint density at radius 3 is 1.83 bits per heavy atom. The van der Waals surface area contributed by atoms with Crippen molar-refractivity contribution in [2.75, 3.05) is 0 Å². The molecule has 0 saturated carbocycles. The first-order chi connectivity index (χ1) is 11.1. The second-order valence-electron chi connectivity index (χ2n) is 5.15. The van der Waals surface area contributed by atoms with Gasteiger partial charge in [0.05, 0.1) is 15.8 Å². The van der Waals surface area contributed by atoms with Crippen LogP contribution in [0.2, 0.25) is 5.02 Å². The summed E-state index contributed by atoms with van der Waals surface area (Å²) in [7, 11) is 0. The summed E-state index contributed by atoms with van der Waals surface area (Å²) < 4.78 is 10.6. The number of benzene rings is 3. The lowest BCUT2D eigenvalue weighted by Crippen LogP contribution is -1.97. The third-order valence-corrected chi connectivity index (χ3v) is 3.92. The zero-order valence-electron chi connectivity index (χ0n) is 11.7. The Bertz CT molecular complexity index is 1220. The standard InChI is InChI=1S/C18H9ClO4/c19-15-9-14-5-6-16(15)23-18(21)13-4-2-10-7-12(17(20)22-14)3-1-11(10)8-13/h1-9H. The molecule has 0 aliphatic rings. The summed E-state index contributed by atoms with van der Waals surface area (Å²) in [6.07, 6.45) is 0. The molecular formula is C18H9ClO4. The second kappa shape index (κ2) is 5.11. The Balaban J connectivity index is 2.32. The van der Waals surface area contributed by atoms with E-state index < -0.39 is 11.3 Å². The third kappa shape index (κ3) is 2.43. The third-order valence-electron chi connectivity index (χ3n) is 3.63. The maximum absolute atomic E-state index is 12.3. The van der Waals surface area contributed by atoms with E-state index in [9.17, 15) is 9.59 Å². The van der Waals surface area contributed by atoms with Crippen molar-refractivity contribution in [2.45, 2.75) is 0 Å². The normalized spacial score (nSPS) is 11.2. The summed E-state index contributed by atoms with van der Waals surface area (Å²) in [4.78, 5) is 24.5. The van der Waals surface area contributed by atoms with E-state index in [2.05, 4.69) is 0 Å². The van der Waals surface area contributed by atoms with Crippen molar-refractivity contribution < 1.29 is 8.83 Å². The Morgan fingerprint density at radius 2 is 1.22 bits per heavy atom. The van der Waals surface area contributed by atoms with Crippen molar-refractivity contribution in [3.8, 4) is 0 Å². The van der Waals surface area contributed by atoms with Crippen LogP contribution in [0.25, 0.3) is 32.7 Å². The van der Waals surface area contributed by atoms with Gasteiger partial charge in [0.15, 0.2) is 0 Å². The molecule has 0 fully saturated rings. The molecule has 6 bridgehead atoms. The van der Waals surface area contributed by atoms with Gasteiger partial charge in [0.25, 0.3) is 0 Å². The largest absolute Gasteiger partial charge is 0.423 e. The predicted octanol–water partition coefficient (Wildman–Crippen LogP) is 4.27. The minimum Gasteiger partial charge on any atom is -0.423 e. The van der Waals surface area contributed by atoms with Crippen LogP contribution in [-0.2, 0) is 0 Å². The second-order valence-corrected chi connectivity index (χ2v) is 5.56. The summed E-state index contributed by atoms with van der Waals surface area (Å²) in [5, 5.41) is 2.68. The van der Waals surface area contributed by atoms with Gasteiger partial charge in [-0.2, -0.15) is 0 Å². The summed E-state index contributed by atoms with van der Waals surface area (Å²) in [5.74, 6) is 0. The van der Waals surface area contributed by atoms with E-state index in [0.29, 0.717) is 10.8 Å². The fraction of sp³-hybridized carbons (Fsp3) is 0. The first kappa shape index (κ1) is 13.8. The fourth-order valence-electron chi connectivity index (χ4n) is 2.45. The highest BCUT2D eigenvalue weighted by atomic mass is 35.5. The maximum atomic E-state index is 12.3. The number of halogens is 1. The average molecular weight is 325 g/mol. The monoisotopic (exact) mass is 324 g/mol. The SMILES string of the molecule is O=c1oc2ccc(oc(=O)c3ccc4cc1ccc4c3)c(Cl)c2. The van der Waals surface area contributed by atoms with Gasteiger partial charge in [0.1, 0.15) is 11.2 Å². The van der Waals surface area contributed by atoms with Crippen molar-refractivity contribution >= 4 is 44.3 Å². The average Bonchev–Trinajstić information content (AvgIpc) is 2.55. The van der Waals surface area contributed by atoms with E-state index in [1.165, 1.54) is 18.2 Å². The summed E-state index contributed by atoms with van der Waals surface area (Å²) in [6.45, 7) is 0. The highest BCUT2D eigenvalue weighted by molar-refractivity contribution is 6.33. The van der Waals surface area contributed by atoms with E-state index in [1.807, 2.05) is 0 Å². The predicted molar refractivity (Wildman–Crippen MR) is 89.9 cm³/mol. The zero-order valence-corrected chi connectivity index (χ0v) is 12.5. The minimum absolute atomic E-state index is 0.190. The highest BCUT2D eigenvalue weighted by Gasteiger charge is 2.02. The summed E-state index contributed by atoms with van der Waals surface area (Å²) in [5.41, 5.74) is -0.484. The van der Waals surface area contributed by atoms with Crippen LogP contribution in [0.4, 0.5) is 0 Å². The van der Waals surface area contributed by atoms with Gasteiger partial charge < -0.3 is 8.83 Å². The molecule has 3 aromatic carbocycles. The molecule has 23 heavy (non-hydrogen) atoms. The first-order valence-electron chi connectivity index (χ1n) is 6.88. The maximum Gasteiger partial charge on any atom is 0.343 e. The minimum atomic E-state index is -0.500. The molecule has 0 saturated heterocycles. The molecule has 5 heterocycles. The lowest BCUT2D eigenvalue weighted by Gasteiger charge is -1.98. The first-order valence-corrected chi connectivity index (χ1v) is 7.26. The lowest BCUT2D eigenvalue weighted by molar-refractivity contribution is 0.560. The molecular weight excluding hydrogens is 316 g/mol. The zero-order chi connectivity index (χ0) is 16.0. The van der Waals surface area contributed by atoms with Crippen molar-refractivity contribution in [1.29, 1.82) is 0 Å². The van der Waals surface area contributed by atoms with E-state index in [1.54, 1.807) is 36.4 Å². The molecule has 0 aliphatic carbocycles. The molecule has 112 valence electrons. The van der Waals surface area contributed by atoms with Gasteiger partial charge in [-0.3, -0.25) is 0 Å².